The lowest BCUT2D eigenvalue weighted by Crippen LogP contribution is -2.39. The number of amides is 1. The number of phenols is 1. The van der Waals surface area contributed by atoms with Gasteiger partial charge in [-0.25, -0.2) is 9.97 Å². The van der Waals surface area contributed by atoms with Crippen LogP contribution < -0.4 is 10.6 Å². The van der Waals surface area contributed by atoms with E-state index >= 15 is 0 Å². The Morgan fingerprint density at radius 1 is 1.19 bits per heavy atom. The minimum atomic E-state index is -1.11. The largest absolute Gasteiger partial charge is 0.508 e. The Morgan fingerprint density at radius 2 is 1.85 bits per heavy atom. The van der Waals surface area contributed by atoms with Crippen molar-refractivity contribution in [1.82, 2.24) is 15.3 Å². The normalized spacial score (nSPS) is 11.7. The summed E-state index contributed by atoms with van der Waals surface area (Å²) in [4.78, 5) is 31.7. The number of carboxylic acid groups (broad SMARTS) is 1. The van der Waals surface area contributed by atoms with Gasteiger partial charge in [-0.1, -0.05) is 12.1 Å². The molecule has 1 amide bonds. The summed E-state index contributed by atoms with van der Waals surface area (Å²) in [5.74, 6) is -0.940. The van der Waals surface area contributed by atoms with Gasteiger partial charge in [0.25, 0.3) is 5.91 Å². The molecule has 0 unspecified atom stereocenters. The van der Waals surface area contributed by atoms with Crippen LogP contribution in [0.4, 0.5) is 5.95 Å². The summed E-state index contributed by atoms with van der Waals surface area (Å²) in [5, 5.41) is 23.9. The molecule has 8 heteroatoms. The van der Waals surface area contributed by atoms with Crippen molar-refractivity contribution in [3.05, 3.63) is 46.8 Å². The highest BCUT2D eigenvalue weighted by atomic mass is 16.4. The summed E-state index contributed by atoms with van der Waals surface area (Å²) in [6, 6.07) is 6.14. The Kier molecular flexibility index (Phi) is 6.70. The average molecular weight is 372 g/mol. The van der Waals surface area contributed by atoms with Crippen LogP contribution in [0.15, 0.2) is 24.3 Å². The number of rotatable bonds is 8. The average Bonchev–Trinajstić information content (AvgIpc) is 2.58. The first-order valence-corrected chi connectivity index (χ1v) is 8.68. The standard InChI is InChI=1S/C19H24N4O4/c1-11-16(17(25)21-13(3)18(26)27)12(2)23-19(22-11)20-9-5-7-14-6-4-8-15(24)10-14/h4,6,8,10,13,24H,5,7,9H2,1-3H3,(H,21,25)(H,26,27)(H,20,22,23)/t13-/m0/s1. The van der Waals surface area contributed by atoms with E-state index in [1.807, 2.05) is 12.1 Å². The highest BCUT2D eigenvalue weighted by molar-refractivity contribution is 5.98. The van der Waals surface area contributed by atoms with Crippen LogP contribution in [-0.4, -0.2) is 44.6 Å². The molecule has 1 heterocycles. The van der Waals surface area contributed by atoms with Crippen molar-refractivity contribution >= 4 is 17.8 Å². The third kappa shape index (κ3) is 5.67. The van der Waals surface area contributed by atoms with Crippen molar-refractivity contribution in [2.24, 2.45) is 0 Å². The fourth-order valence-electron chi connectivity index (χ4n) is 2.66. The van der Waals surface area contributed by atoms with Gasteiger partial charge in [-0.3, -0.25) is 9.59 Å². The number of aromatic nitrogens is 2. The number of aryl methyl sites for hydroxylation is 3. The monoisotopic (exact) mass is 372 g/mol. The molecule has 0 bridgehead atoms. The number of hydrogen-bond donors (Lipinski definition) is 4. The van der Waals surface area contributed by atoms with Gasteiger partial charge in [0.1, 0.15) is 11.8 Å². The minimum Gasteiger partial charge on any atom is -0.508 e. The molecule has 2 aromatic rings. The number of hydrogen-bond acceptors (Lipinski definition) is 6. The van der Waals surface area contributed by atoms with E-state index in [0.717, 1.165) is 18.4 Å². The Morgan fingerprint density at radius 3 is 2.44 bits per heavy atom. The molecule has 8 nitrogen and oxygen atoms in total. The predicted molar refractivity (Wildman–Crippen MR) is 101 cm³/mol. The number of anilines is 1. The minimum absolute atomic E-state index is 0.251. The molecule has 0 aliphatic carbocycles. The third-order valence-corrected chi connectivity index (χ3v) is 4.05. The van der Waals surface area contributed by atoms with E-state index in [1.54, 1.807) is 26.0 Å². The van der Waals surface area contributed by atoms with Gasteiger partial charge in [0, 0.05) is 6.54 Å². The number of nitrogens with zero attached hydrogens (tertiary/aromatic N) is 2. The molecule has 0 fully saturated rings. The molecule has 0 saturated carbocycles. The molecule has 27 heavy (non-hydrogen) atoms. The molecule has 0 radical (unpaired) electrons. The maximum Gasteiger partial charge on any atom is 0.325 e. The van der Waals surface area contributed by atoms with Gasteiger partial charge in [-0.05, 0) is 51.3 Å². The lowest BCUT2D eigenvalue weighted by Gasteiger charge is -2.14. The highest BCUT2D eigenvalue weighted by Crippen LogP contribution is 2.14. The van der Waals surface area contributed by atoms with Gasteiger partial charge in [0.05, 0.1) is 17.0 Å². The molecule has 0 aliphatic heterocycles. The summed E-state index contributed by atoms with van der Waals surface area (Å²) in [5.41, 5.74) is 2.29. The van der Waals surface area contributed by atoms with Crippen molar-refractivity contribution < 1.29 is 19.8 Å². The van der Waals surface area contributed by atoms with Crippen molar-refractivity contribution in [3.63, 3.8) is 0 Å². The van der Waals surface area contributed by atoms with Crippen LogP contribution in [-0.2, 0) is 11.2 Å². The Labute approximate surface area is 157 Å². The van der Waals surface area contributed by atoms with E-state index in [-0.39, 0.29) is 11.3 Å². The quantitative estimate of drug-likeness (QED) is 0.523. The van der Waals surface area contributed by atoms with Crippen LogP contribution in [0.5, 0.6) is 5.75 Å². The van der Waals surface area contributed by atoms with Crippen molar-refractivity contribution in [2.75, 3.05) is 11.9 Å². The number of aliphatic carboxylic acids is 1. The fraction of sp³-hybridized carbons (Fsp3) is 0.368. The third-order valence-electron chi connectivity index (χ3n) is 4.05. The molecule has 1 atom stereocenters. The molecular formula is C19H24N4O4. The fourth-order valence-corrected chi connectivity index (χ4v) is 2.66. The number of phenolic OH excluding ortho intramolecular Hbond substituents is 1. The zero-order valence-corrected chi connectivity index (χ0v) is 15.6. The Balaban J connectivity index is 1.95. The first kappa shape index (κ1) is 20.2. The first-order valence-electron chi connectivity index (χ1n) is 8.68. The number of nitrogens with one attached hydrogen (secondary N) is 2. The summed E-state index contributed by atoms with van der Waals surface area (Å²) in [6.45, 7) is 5.41. The summed E-state index contributed by atoms with van der Waals surface area (Å²) in [7, 11) is 0. The lowest BCUT2D eigenvalue weighted by molar-refractivity contribution is -0.138. The number of aromatic hydroxyl groups is 1. The van der Waals surface area contributed by atoms with Gasteiger partial charge in [-0.15, -0.1) is 0 Å². The van der Waals surface area contributed by atoms with Gasteiger partial charge >= 0.3 is 5.97 Å². The molecule has 1 aromatic carbocycles. The lowest BCUT2D eigenvalue weighted by atomic mass is 10.1. The van der Waals surface area contributed by atoms with E-state index < -0.39 is 17.9 Å². The molecule has 1 aromatic heterocycles. The molecule has 0 spiro atoms. The molecule has 4 N–H and O–H groups in total. The van der Waals surface area contributed by atoms with E-state index in [1.165, 1.54) is 6.92 Å². The van der Waals surface area contributed by atoms with Crippen LogP contribution in [0.2, 0.25) is 0 Å². The number of carbonyl (C=O) groups is 2. The zero-order valence-electron chi connectivity index (χ0n) is 15.6. The predicted octanol–water partition coefficient (Wildman–Crippen LogP) is 2.05. The van der Waals surface area contributed by atoms with Gasteiger partial charge in [0.15, 0.2) is 0 Å². The topological polar surface area (TPSA) is 124 Å². The summed E-state index contributed by atoms with van der Waals surface area (Å²) < 4.78 is 0. The molecule has 144 valence electrons. The Hall–Kier alpha value is -3.16. The second-order valence-corrected chi connectivity index (χ2v) is 6.33. The second-order valence-electron chi connectivity index (χ2n) is 6.33. The van der Waals surface area contributed by atoms with E-state index in [0.29, 0.717) is 23.9 Å². The smallest absolute Gasteiger partial charge is 0.325 e. The molecule has 2 rings (SSSR count). The highest BCUT2D eigenvalue weighted by Gasteiger charge is 2.20. The van der Waals surface area contributed by atoms with Crippen LogP contribution >= 0.6 is 0 Å². The molecule has 0 saturated heterocycles. The number of benzene rings is 1. The number of carbonyl (C=O) groups excluding carboxylic acids is 1. The van der Waals surface area contributed by atoms with Crippen molar-refractivity contribution in [2.45, 2.75) is 39.7 Å². The number of carboxylic acids is 1. The zero-order chi connectivity index (χ0) is 20.0. The summed E-state index contributed by atoms with van der Waals surface area (Å²) >= 11 is 0. The molecule has 0 aliphatic rings. The van der Waals surface area contributed by atoms with Gasteiger partial charge in [-0.2, -0.15) is 0 Å². The maximum absolute atomic E-state index is 12.3. The van der Waals surface area contributed by atoms with Gasteiger partial charge < -0.3 is 20.8 Å². The first-order chi connectivity index (χ1) is 12.8. The second kappa shape index (κ2) is 8.98. The SMILES string of the molecule is Cc1nc(NCCCc2cccc(O)c2)nc(C)c1C(=O)N[C@@H](C)C(=O)O. The van der Waals surface area contributed by atoms with Crippen LogP contribution in [0.3, 0.4) is 0 Å². The van der Waals surface area contributed by atoms with Crippen LogP contribution in [0.25, 0.3) is 0 Å². The van der Waals surface area contributed by atoms with Gasteiger partial charge in [0.2, 0.25) is 5.95 Å². The van der Waals surface area contributed by atoms with E-state index in [2.05, 4.69) is 20.6 Å². The van der Waals surface area contributed by atoms with Crippen LogP contribution in [0.1, 0.15) is 40.7 Å². The van der Waals surface area contributed by atoms with E-state index in [4.69, 9.17) is 5.11 Å². The summed E-state index contributed by atoms with van der Waals surface area (Å²) in [6.07, 6.45) is 1.62. The van der Waals surface area contributed by atoms with Crippen molar-refractivity contribution in [3.8, 4) is 5.75 Å². The Bertz CT molecular complexity index is 815. The maximum atomic E-state index is 12.3. The van der Waals surface area contributed by atoms with Crippen molar-refractivity contribution in [1.29, 1.82) is 0 Å². The van der Waals surface area contributed by atoms with Crippen LogP contribution in [0, 0.1) is 13.8 Å². The molecular weight excluding hydrogens is 348 g/mol. The van der Waals surface area contributed by atoms with E-state index in [9.17, 15) is 14.7 Å².